The number of carbonyl (C=O) groups is 3. The first kappa shape index (κ1) is 26.4. The molecular formula is C23H20BrCl2NO6S. The number of methoxy groups -OCH3 is 1. The number of thioether (sulfide) groups is 1. The first-order valence-corrected chi connectivity index (χ1v) is 12.3. The molecule has 1 saturated heterocycles. The fourth-order valence-corrected chi connectivity index (χ4v) is 4.84. The maximum absolute atomic E-state index is 12.7. The van der Waals surface area contributed by atoms with Crippen molar-refractivity contribution in [2.45, 2.75) is 26.6 Å². The molecule has 1 aliphatic heterocycles. The highest BCUT2D eigenvalue weighted by Gasteiger charge is 2.36. The lowest BCUT2D eigenvalue weighted by Crippen LogP contribution is -2.35. The molecule has 34 heavy (non-hydrogen) atoms. The summed E-state index contributed by atoms with van der Waals surface area (Å²) in [5.74, 6) is -0.366. The van der Waals surface area contributed by atoms with E-state index in [2.05, 4.69) is 15.9 Å². The van der Waals surface area contributed by atoms with Crippen LogP contribution in [-0.4, -0.2) is 41.8 Å². The Morgan fingerprint density at radius 1 is 1.21 bits per heavy atom. The van der Waals surface area contributed by atoms with Crippen molar-refractivity contribution in [1.29, 1.82) is 0 Å². The number of carbonyl (C=O) groups excluding carboxylic acids is 3. The number of rotatable bonds is 8. The zero-order valence-corrected chi connectivity index (χ0v) is 22.3. The van der Waals surface area contributed by atoms with Gasteiger partial charge in [-0.2, -0.15) is 0 Å². The van der Waals surface area contributed by atoms with Crippen molar-refractivity contribution in [3.8, 4) is 11.5 Å². The van der Waals surface area contributed by atoms with Gasteiger partial charge in [-0.1, -0.05) is 29.3 Å². The quantitative estimate of drug-likeness (QED) is 0.263. The van der Waals surface area contributed by atoms with Gasteiger partial charge in [0.15, 0.2) is 11.5 Å². The zero-order chi connectivity index (χ0) is 25.0. The van der Waals surface area contributed by atoms with Gasteiger partial charge < -0.3 is 14.2 Å². The fraction of sp³-hybridized carbons (Fsp3) is 0.261. The zero-order valence-electron chi connectivity index (χ0n) is 18.4. The van der Waals surface area contributed by atoms with Crippen LogP contribution in [0, 0.1) is 0 Å². The lowest BCUT2D eigenvalue weighted by molar-refractivity contribution is -0.149. The number of hydrogen-bond donors (Lipinski definition) is 0. The Hall–Kier alpha value is -2.20. The van der Waals surface area contributed by atoms with E-state index in [1.165, 1.54) is 7.11 Å². The van der Waals surface area contributed by atoms with Crippen molar-refractivity contribution in [2.24, 2.45) is 0 Å². The first-order chi connectivity index (χ1) is 16.1. The number of imide groups is 1. The van der Waals surface area contributed by atoms with Crippen molar-refractivity contribution in [1.82, 2.24) is 4.90 Å². The average molecular weight is 589 g/mol. The summed E-state index contributed by atoms with van der Waals surface area (Å²) in [5.41, 5.74) is 1.34. The van der Waals surface area contributed by atoms with Crippen molar-refractivity contribution in [3.05, 3.63) is 60.9 Å². The van der Waals surface area contributed by atoms with Crippen LogP contribution in [0.2, 0.25) is 10.0 Å². The van der Waals surface area contributed by atoms with E-state index in [4.69, 9.17) is 37.4 Å². The third-order valence-electron chi connectivity index (χ3n) is 4.46. The Bertz CT molecular complexity index is 1170. The first-order valence-electron chi connectivity index (χ1n) is 9.98. The van der Waals surface area contributed by atoms with Crippen LogP contribution in [-0.2, 0) is 20.9 Å². The van der Waals surface area contributed by atoms with Crippen LogP contribution in [0.25, 0.3) is 6.08 Å². The summed E-state index contributed by atoms with van der Waals surface area (Å²) >= 11 is 16.4. The van der Waals surface area contributed by atoms with Crippen molar-refractivity contribution in [3.63, 3.8) is 0 Å². The Labute approximate surface area is 219 Å². The number of ether oxygens (including phenoxy) is 3. The monoisotopic (exact) mass is 587 g/mol. The predicted octanol–water partition coefficient (Wildman–Crippen LogP) is 6.33. The molecule has 1 fully saturated rings. The van der Waals surface area contributed by atoms with E-state index < -0.39 is 23.7 Å². The van der Waals surface area contributed by atoms with E-state index in [-0.39, 0.29) is 17.6 Å². The smallest absolute Gasteiger partial charge is 0.326 e. The van der Waals surface area contributed by atoms with Crippen molar-refractivity contribution in [2.75, 3.05) is 13.7 Å². The van der Waals surface area contributed by atoms with E-state index in [9.17, 15) is 14.4 Å². The molecule has 2 amide bonds. The highest BCUT2D eigenvalue weighted by atomic mass is 79.9. The van der Waals surface area contributed by atoms with Gasteiger partial charge in [0.25, 0.3) is 11.1 Å². The molecule has 0 radical (unpaired) electrons. The number of nitrogens with zero attached hydrogens (tertiary/aromatic N) is 1. The summed E-state index contributed by atoms with van der Waals surface area (Å²) in [6.45, 7) is 3.12. The molecule has 11 heteroatoms. The van der Waals surface area contributed by atoms with Crippen molar-refractivity contribution < 1.29 is 28.6 Å². The molecule has 0 aromatic heterocycles. The highest BCUT2D eigenvalue weighted by Crippen LogP contribution is 2.39. The van der Waals surface area contributed by atoms with E-state index in [0.29, 0.717) is 31.6 Å². The molecule has 7 nitrogen and oxygen atoms in total. The van der Waals surface area contributed by atoms with Gasteiger partial charge in [-0.15, -0.1) is 0 Å². The summed E-state index contributed by atoms with van der Waals surface area (Å²) in [6.07, 6.45) is 1.20. The largest absolute Gasteiger partial charge is 0.493 e. The molecule has 1 heterocycles. The van der Waals surface area contributed by atoms with E-state index >= 15 is 0 Å². The van der Waals surface area contributed by atoms with Gasteiger partial charge in [-0.05, 0) is 77.4 Å². The van der Waals surface area contributed by atoms with Gasteiger partial charge in [-0.25, -0.2) is 0 Å². The molecule has 3 rings (SSSR count). The van der Waals surface area contributed by atoms with E-state index in [0.717, 1.165) is 22.2 Å². The second kappa shape index (κ2) is 11.5. The summed E-state index contributed by atoms with van der Waals surface area (Å²) in [7, 11) is 1.49. The molecule has 2 aromatic rings. The summed E-state index contributed by atoms with van der Waals surface area (Å²) < 4.78 is 17.0. The standard InChI is InChI=1S/C23H20BrCl2NO6S/c1-12(2)33-20(28)10-27-22(29)19(34-23(27)30)8-13-6-16(24)21(18(7-13)31-3)32-11-14-4-5-15(25)9-17(14)26/h4-9,12H,10-11H2,1-3H3/b19-8-. The molecule has 0 aliphatic carbocycles. The van der Waals surface area contributed by atoms with Gasteiger partial charge in [0.2, 0.25) is 0 Å². The van der Waals surface area contributed by atoms with Crippen LogP contribution in [0.1, 0.15) is 25.0 Å². The average Bonchev–Trinajstić information content (AvgIpc) is 3.00. The molecule has 180 valence electrons. The van der Waals surface area contributed by atoms with Gasteiger partial charge >= 0.3 is 5.97 Å². The maximum atomic E-state index is 12.7. The molecule has 0 N–H and O–H groups in total. The molecule has 1 aliphatic rings. The Balaban J connectivity index is 1.79. The van der Waals surface area contributed by atoms with Crippen LogP contribution < -0.4 is 9.47 Å². The summed E-state index contributed by atoms with van der Waals surface area (Å²) in [4.78, 5) is 37.9. The number of benzene rings is 2. The fourth-order valence-electron chi connectivity index (χ4n) is 2.97. The molecular weight excluding hydrogens is 569 g/mol. The molecule has 2 aromatic carbocycles. The van der Waals surface area contributed by atoms with E-state index in [1.54, 1.807) is 50.3 Å². The Morgan fingerprint density at radius 3 is 2.59 bits per heavy atom. The topological polar surface area (TPSA) is 82.1 Å². The molecule has 0 unspecified atom stereocenters. The summed E-state index contributed by atoms with van der Waals surface area (Å²) in [5, 5.41) is 0.466. The minimum Gasteiger partial charge on any atom is -0.493 e. The second-order valence-corrected chi connectivity index (χ2v) is 10.1. The SMILES string of the molecule is COc1cc(/C=C2\SC(=O)N(CC(=O)OC(C)C)C2=O)cc(Br)c1OCc1ccc(Cl)cc1Cl. The Morgan fingerprint density at radius 2 is 1.94 bits per heavy atom. The van der Waals surface area contributed by atoms with Crippen LogP contribution in [0.15, 0.2) is 39.7 Å². The lowest BCUT2D eigenvalue weighted by Gasteiger charge is -2.14. The second-order valence-electron chi connectivity index (χ2n) is 7.36. The lowest BCUT2D eigenvalue weighted by atomic mass is 10.1. The molecule has 0 spiro atoms. The minimum absolute atomic E-state index is 0.176. The number of halogens is 3. The Kier molecular flexibility index (Phi) is 8.92. The maximum Gasteiger partial charge on any atom is 0.326 e. The highest BCUT2D eigenvalue weighted by molar-refractivity contribution is 9.10. The van der Waals surface area contributed by atoms with Crippen molar-refractivity contribution >= 4 is 74.1 Å². The normalized spacial score (nSPS) is 14.8. The van der Waals surface area contributed by atoms with Crippen LogP contribution >= 0.6 is 50.9 Å². The summed E-state index contributed by atoms with van der Waals surface area (Å²) in [6, 6.07) is 8.52. The number of esters is 1. The third-order valence-corrected chi connectivity index (χ3v) is 6.55. The number of amides is 2. The van der Waals surface area contributed by atoms with Gasteiger partial charge in [0.05, 0.1) is 22.6 Å². The van der Waals surface area contributed by atoms with Crippen LogP contribution in [0.5, 0.6) is 11.5 Å². The minimum atomic E-state index is -0.648. The predicted molar refractivity (Wildman–Crippen MR) is 135 cm³/mol. The van der Waals surface area contributed by atoms with Gasteiger partial charge in [0, 0.05) is 15.6 Å². The molecule has 0 bridgehead atoms. The molecule has 0 saturated carbocycles. The van der Waals surface area contributed by atoms with Crippen LogP contribution in [0.3, 0.4) is 0 Å². The third kappa shape index (κ3) is 6.47. The number of hydrogen-bond acceptors (Lipinski definition) is 7. The van der Waals surface area contributed by atoms with Gasteiger partial charge in [-0.3, -0.25) is 19.3 Å². The van der Waals surface area contributed by atoms with E-state index in [1.807, 2.05) is 0 Å². The molecule has 0 atom stereocenters. The van der Waals surface area contributed by atoms with Crippen LogP contribution in [0.4, 0.5) is 4.79 Å². The van der Waals surface area contributed by atoms with Gasteiger partial charge in [0.1, 0.15) is 13.2 Å².